The second-order valence-electron chi connectivity index (χ2n) is 2.44. The highest BCUT2D eigenvalue weighted by atomic mass is 79.9. The molecule has 0 heterocycles. The highest BCUT2D eigenvalue weighted by Gasteiger charge is 2.06. The van der Waals surface area contributed by atoms with Gasteiger partial charge in [0, 0.05) is 9.37 Å². The number of rotatable bonds is 3. The average Bonchev–Trinajstić information content (AvgIpc) is 2.08. The Labute approximate surface area is 90.0 Å². The second-order valence-corrected chi connectivity index (χ2v) is 4.63. The van der Waals surface area contributed by atoms with E-state index in [9.17, 15) is 4.79 Å². The van der Waals surface area contributed by atoms with Crippen LogP contribution < -0.4 is 5.73 Å². The molecule has 13 heavy (non-hydrogen) atoms. The van der Waals surface area contributed by atoms with Crippen molar-refractivity contribution < 1.29 is 4.79 Å². The zero-order chi connectivity index (χ0) is 9.84. The van der Waals surface area contributed by atoms with E-state index < -0.39 is 5.91 Å². The van der Waals surface area contributed by atoms with Gasteiger partial charge in [0.25, 0.3) is 0 Å². The van der Waals surface area contributed by atoms with Gasteiger partial charge in [-0.3, -0.25) is 4.79 Å². The number of hydrogen-bond donors (Lipinski definition) is 1. The van der Waals surface area contributed by atoms with Crippen molar-refractivity contribution in [3.8, 4) is 0 Å². The van der Waals surface area contributed by atoms with Crippen LogP contribution in [-0.4, -0.2) is 11.7 Å². The van der Waals surface area contributed by atoms with Crippen molar-refractivity contribution in [1.82, 2.24) is 0 Å². The smallest absolute Gasteiger partial charge is 0.249 e. The number of halogens is 1. The minimum Gasteiger partial charge on any atom is -0.366 e. The van der Waals surface area contributed by atoms with Crippen molar-refractivity contribution in [3.63, 3.8) is 0 Å². The van der Waals surface area contributed by atoms with Crippen LogP contribution in [0.15, 0.2) is 27.6 Å². The number of hydrogen-bond acceptors (Lipinski definition) is 2. The molecule has 2 nitrogen and oxygen atoms in total. The van der Waals surface area contributed by atoms with E-state index in [1.165, 1.54) is 0 Å². The SMILES string of the molecule is CCSc1ccc(Br)c(C(N)=O)c1. The van der Waals surface area contributed by atoms with E-state index in [0.717, 1.165) is 15.1 Å². The van der Waals surface area contributed by atoms with Gasteiger partial charge in [-0.05, 0) is 39.9 Å². The Hall–Kier alpha value is -0.480. The molecule has 0 saturated carbocycles. The molecule has 1 rings (SSSR count). The molecule has 0 saturated heterocycles. The lowest BCUT2D eigenvalue weighted by atomic mass is 10.2. The summed E-state index contributed by atoms with van der Waals surface area (Å²) in [5.74, 6) is 0.588. The summed E-state index contributed by atoms with van der Waals surface area (Å²) in [5, 5.41) is 0. The van der Waals surface area contributed by atoms with Crippen molar-refractivity contribution >= 4 is 33.6 Å². The maximum atomic E-state index is 11.0. The Morgan fingerprint density at radius 1 is 1.62 bits per heavy atom. The first-order valence-electron chi connectivity index (χ1n) is 3.87. The molecule has 0 atom stereocenters. The first-order valence-corrected chi connectivity index (χ1v) is 5.65. The van der Waals surface area contributed by atoms with E-state index in [2.05, 4.69) is 22.9 Å². The number of carbonyl (C=O) groups excluding carboxylic acids is 1. The lowest BCUT2D eigenvalue weighted by molar-refractivity contribution is 0.0999. The lowest BCUT2D eigenvalue weighted by Gasteiger charge is -2.03. The Morgan fingerprint density at radius 2 is 2.31 bits per heavy atom. The highest BCUT2D eigenvalue weighted by Crippen LogP contribution is 2.24. The Bertz CT molecular complexity index is 327. The third-order valence-electron chi connectivity index (χ3n) is 1.51. The van der Waals surface area contributed by atoms with Gasteiger partial charge in [-0.15, -0.1) is 11.8 Å². The summed E-state index contributed by atoms with van der Waals surface area (Å²) in [7, 11) is 0. The highest BCUT2D eigenvalue weighted by molar-refractivity contribution is 9.10. The van der Waals surface area contributed by atoms with E-state index in [1.54, 1.807) is 17.8 Å². The molecular formula is C9H10BrNOS. The van der Waals surface area contributed by atoms with Gasteiger partial charge in [0.15, 0.2) is 0 Å². The molecule has 0 unspecified atom stereocenters. The van der Waals surface area contributed by atoms with Gasteiger partial charge in [0.2, 0.25) is 5.91 Å². The molecule has 0 radical (unpaired) electrons. The van der Waals surface area contributed by atoms with Crippen molar-refractivity contribution in [2.75, 3.05) is 5.75 Å². The predicted octanol–water partition coefficient (Wildman–Crippen LogP) is 2.66. The van der Waals surface area contributed by atoms with Crippen molar-refractivity contribution in [2.45, 2.75) is 11.8 Å². The number of primary amides is 1. The molecule has 70 valence electrons. The summed E-state index contributed by atoms with van der Waals surface area (Å²) in [4.78, 5) is 12.0. The van der Waals surface area contributed by atoms with E-state index in [1.807, 2.05) is 12.1 Å². The molecule has 0 aliphatic rings. The second kappa shape index (κ2) is 4.67. The topological polar surface area (TPSA) is 43.1 Å². The minimum absolute atomic E-state index is 0.398. The number of thioether (sulfide) groups is 1. The fourth-order valence-electron chi connectivity index (χ4n) is 0.950. The van der Waals surface area contributed by atoms with Crippen LogP contribution in [-0.2, 0) is 0 Å². The molecule has 1 aromatic carbocycles. The van der Waals surface area contributed by atoms with Crippen LogP contribution in [0.5, 0.6) is 0 Å². The third-order valence-corrected chi connectivity index (χ3v) is 3.08. The van der Waals surface area contributed by atoms with E-state index >= 15 is 0 Å². The maximum Gasteiger partial charge on any atom is 0.249 e. The zero-order valence-corrected chi connectivity index (χ0v) is 9.61. The molecule has 1 aromatic rings. The van der Waals surface area contributed by atoms with Crippen LogP contribution >= 0.6 is 27.7 Å². The first-order chi connectivity index (χ1) is 6.15. The van der Waals surface area contributed by atoms with Gasteiger partial charge in [0.05, 0.1) is 5.56 Å². The predicted molar refractivity (Wildman–Crippen MR) is 59.1 cm³/mol. The molecule has 4 heteroatoms. The summed E-state index contributed by atoms with van der Waals surface area (Å²) in [6, 6.07) is 5.61. The number of carbonyl (C=O) groups is 1. The molecule has 1 amide bonds. The van der Waals surface area contributed by atoms with Crippen LogP contribution in [0.1, 0.15) is 17.3 Å². The fourth-order valence-corrected chi connectivity index (χ4v) is 2.09. The molecule has 0 aliphatic heterocycles. The third kappa shape index (κ3) is 2.74. The summed E-state index contributed by atoms with van der Waals surface area (Å²) < 4.78 is 0.750. The van der Waals surface area contributed by atoms with Crippen LogP contribution in [0, 0.1) is 0 Å². The van der Waals surface area contributed by atoms with Crippen molar-refractivity contribution in [2.24, 2.45) is 5.73 Å². The van der Waals surface area contributed by atoms with E-state index in [0.29, 0.717) is 5.56 Å². The first kappa shape index (κ1) is 10.6. The Balaban J connectivity index is 3.04. The summed E-state index contributed by atoms with van der Waals surface area (Å²) in [5.41, 5.74) is 5.74. The molecule has 0 bridgehead atoms. The lowest BCUT2D eigenvalue weighted by Crippen LogP contribution is -2.11. The van der Waals surface area contributed by atoms with Gasteiger partial charge in [-0.1, -0.05) is 6.92 Å². The zero-order valence-electron chi connectivity index (χ0n) is 7.21. The molecule has 0 aromatic heterocycles. The summed E-state index contributed by atoms with van der Waals surface area (Å²) >= 11 is 4.96. The summed E-state index contributed by atoms with van der Waals surface area (Å²) in [6.45, 7) is 2.07. The summed E-state index contributed by atoms with van der Waals surface area (Å²) in [6.07, 6.45) is 0. The number of benzene rings is 1. The normalized spacial score (nSPS) is 10.0. The molecule has 2 N–H and O–H groups in total. The van der Waals surface area contributed by atoms with Crippen molar-refractivity contribution in [1.29, 1.82) is 0 Å². The van der Waals surface area contributed by atoms with E-state index in [-0.39, 0.29) is 0 Å². The molecule has 0 aliphatic carbocycles. The van der Waals surface area contributed by atoms with Crippen molar-refractivity contribution in [3.05, 3.63) is 28.2 Å². The van der Waals surface area contributed by atoms with Crippen LogP contribution in [0.4, 0.5) is 0 Å². The van der Waals surface area contributed by atoms with Crippen LogP contribution in [0.25, 0.3) is 0 Å². The van der Waals surface area contributed by atoms with E-state index in [4.69, 9.17) is 5.73 Å². The van der Waals surface area contributed by atoms with Gasteiger partial charge in [-0.25, -0.2) is 0 Å². The minimum atomic E-state index is -0.398. The molecule has 0 spiro atoms. The Morgan fingerprint density at radius 3 is 2.85 bits per heavy atom. The monoisotopic (exact) mass is 259 g/mol. The van der Waals surface area contributed by atoms with Crippen LogP contribution in [0.3, 0.4) is 0 Å². The number of nitrogens with two attached hydrogens (primary N) is 1. The molecular weight excluding hydrogens is 250 g/mol. The van der Waals surface area contributed by atoms with Crippen LogP contribution in [0.2, 0.25) is 0 Å². The van der Waals surface area contributed by atoms with Gasteiger partial charge in [0.1, 0.15) is 0 Å². The molecule has 0 fully saturated rings. The fraction of sp³-hybridized carbons (Fsp3) is 0.222. The quantitative estimate of drug-likeness (QED) is 0.849. The Kier molecular flexibility index (Phi) is 3.81. The standard InChI is InChI=1S/C9H10BrNOS/c1-2-13-6-3-4-8(10)7(5-6)9(11)12/h3-5H,2H2,1H3,(H2,11,12). The largest absolute Gasteiger partial charge is 0.366 e. The number of amides is 1. The van der Waals surface area contributed by atoms with Gasteiger partial charge < -0.3 is 5.73 Å². The average molecular weight is 260 g/mol. The van der Waals surface area contributed by atoms with Gasteiger partial charge >= 0.3 is 0 Å². The maximum absolute atomic E-state index is 11.0. The van der Waals surface area contributed by atoms with Gasteiger partial charge in [-0.2, -0.15) is 0 Å².